The van der Waals surface area contributed by atoms with Crippen molar-refractivity contribution >= 4 is 17.7 Å². The first kappa shape index (κ1) is 31.6. The van der Waals surface area contributed by atoms with Gasteiger partial charge >= 0.3 is 11.9 Å². The number of hydrogen-bond acceptors (Lipinski definition) is 5. The SMILES string of the molecule is CCCCCCC(=O)O.CCCCCCC(=O)O.Cc1cc(C(=O)C(C)C)c(O)cc1O. The third kappa shape index (κ3) is 17.1. The van der Waals surface area contributed by atoms with Crippen molar-refractivity contribution in [1.29, 1.82) is 0 Å². The Kier molecular flexibility index (Phi) is 18.9. The van der Waals surface area contributed by atoms with E-state index in [1.807, 2.05) is 0 Å². The van der Waals surface area contributed by atoms with Crippen LogP contribution in [-0.4, -0.2) is 38.1 Å². The van der Waals surface area contributed by atoms with Gasteiger partial charge in [-0.2, -0.15) is 0 Å². The molecule has 7 heteroatoms. The number of benzene rings is 1. The molecule has 7 nitrogen and oxygen atoms in total. The van der Waals surface area contributed by atoms with Gasteiger partial charge in [-0.25, -0.2) is 0 Å². The van der Waals surface area contributed by atoms with Gasteiger partial charge < -0.3 is 20.4 Å². The van der Waals surface area contributed by atoms with E-state index >= 15 is 0 Å². The van der Waals surface area contributed by atoms with Crippen molar-refractivity contribution in [3.8, 4) is 11.5 Å². The van der Waals surface area contributed by atoms with E-state index in [1.54, 1.807) is 20.8 Å². The van der Waals surface area contributed by atoms with Crippen LogP contribution < -0.4 is 0 Å². The lowest BCUT2D eigenvalue weighted by atomic mass is 9.98. The minimum Gasteiger partial charge on any atom is -0.508 e. The van der Waals surface area contributed by atoms with Crippen LogP contribution in [0.5, 0.6) is 11.5 Å². The summed E-state index contributed by atoms with van der Waals surface area (Å²) in [5.41, 5.74) is 0.863. The van der Waals surface area contributed by atoms with Crippen LogP contribution in [-0.2, 0) is 9.59 Å². The van der Waals surface area contributed by atoms with Gasteiger partial charge in [-0.1, -0.05) is 66.2 Å². The summed E-state index contributed by atoms with van der Waals surface area (Å²) < 4.78 is 0. The Balaban J connectivity index is 0. The number of rotatable bonds is 12. The minimum atomic E-state index is -0.675. The molecule has 1 aromatic carbocycles. The summed E-state index contributed by atoms with van der Waals surface area (Å²) in [5, 5.41) is 35.2. The molecule has 0 radical (unpaired) electrons. The lowest BCUT2D eigenvalue weighted by molar-refractivity contribution is -0.138. The number of hydrogen-bond donors (Lipinski definition) is 4. The first-order chi connectivity index (χ1) is 15.0. The molecule has 0 aromatic heterocycles. The predicted octanol–water partition coefficient (Wildman–Crippen LogP) is 6.33. The molecular formula is C25H42O7. The average Bonchev–Trinajstić information content (AvgIpc) is 2.71. The highest BCUT2D eigenvalue weighted by Crippen LogP contribution is 2.28. The third-order valence-corrected chi connectivity index (χ3v) is 4.59. The fourth-order valence-corrected chi connectivity index (χ4v) is 2.60. The van der Waals surface area contributed by atoms with E-state index in [0.717, 1.165) is 38.5 Å². The normalized spacial score (nSPS) is 9.94. The summed E-state index contributed by atoms with van der Waals surface area (Å²) in [7, 11) is 0. The van der Waals surface area contributed by atoms with Crippen LogP contribution in [0.25, 0.3) is 0 Å². The number of carboxylic acids is 2. The largest absolute Gasteiger partial charge is 0.508 e. The summed E-state index contributed by atoms with van der Waals surface area (Å²) in [6.07, 6.45) is 9.11. The Morgan fingerprint density at radius 2 is 1.19 bits per heavy atom. The Morgan fingerprint density at radius 3 is 1.53 bits per heavy atom. The molecule has 0 fully saturated rings. The summed E-state index contributed by atoms with van der Waals surface area (Å²) in [4.78, 5) is 31.5. The zero-order valence-corrected chi connectivity index (χ0v) is 20.3. The Morgan fingerprint density at radius 1 is 0.750 bits per heavy atom. The van der Waals surface area contributed by atoms with Crippen LogP contribution in [0.4, 0.5) is 0 Å². The molecule has 0 amide bonds. The number of aryl methyl sites for hydroxylation is 1. The van der Waals surface area contributed by atoms with Crippen LogP contribution >= 0.6 is 0 Å². The maximum atomic E-state index is 11.6. The van der Waals surface area contributed by atoms with Gasteiger partial charge in [0.25, 0.3) is 0 Å². The molecule has 0 heterocycles. The van der Waals surface area contributed by atoms with Crippen LogP contribution in [0.2, 0.25) is 0 Å². The van der Waals surface area contributed by atoms with Gasteiger partial charge in [-0.3, -0.25) is 14.4 Å². The minimum absolute atomic E-state index is 0.00260. The lowest BCUT2D eigenvalue weighted by Gasteiger charge is -2.08. The molecular weight excluding hydrogens is 412 g/mol. The molecule has 0 saturated carbocycles. The summed E-state index contributed by atoms with van der Waals surface area (Å²) in [6, 6.07) is 2.71. The number of phenols is 2. The molecule has 0 bridgehead atoms. The van der Waals surface area contributed by atoms with Gasteiger partial charge in [0.1, 0.15) is 11.5 Å². The Bertz CT molecular complexity index is 659. The van der Waals surface area contributed by atoms with Crippen molar-refractivity contribution in [2.75, 3.05) is 0 Å². The first-order valence-electron chi connectivity index (χ1n) is 11.5. The van der Waals surface area contributed by atoms with Crippen molar-refractivity contribution in [3.05, 3.63) is 23.3 Å². The number of phenolic OH excluding ortho intramolecular Hbond substituents is 2. The second-order valence-electron chi connectivity index (χ2n) is 8.08. The second-order valence-corrected chi connectivity index (χ2v) is 8.08. The van der Waals surface area contributed by atoms with Gasteiger partial charge in [0.2, 0.25) is 0 Å². The third-order valence-electron chi connectivity index (χ3n) is 4.59. The number of unbranched alkanes of at least 4 members (excludes halogenated alkanes) is 6. The van der Waals surface area contributed by atoms with Crippen LogP contribution in [0, 0.1) is 12.8 Å². The Hall–Kier alpha value is -2.57. The van der Waals surface area contributed by atoms with E-state index in [1.165, 1.54) is 25.0 Å². The monoisotopic (exact) mass is 454 g/mol. The number of ketones is 1. The highest BCUT2D eigenvalue weighted by Gasteiger charge is 2.16. The van der Waals surface area contributed by atoms with Crippen molar-refractivity contribution in [2.45, 2.75) is 98.8 Å². The maximum absolute atomic E-state index is 11.6. The smallest absolute Gasteiger partial charge is 0.303 e. The zero-order valence-electron chi connectivity index (χ0n) is 20.3. The maximum Gasteiger partial charge on any atom is 0.303 e. The fraction of sp³-hybridized carbons (Fsp3) is 0.640. The molecule has 0 aliphatic rings. The molecule has 32 heavy (non-hydrogen) atoms. The molecule has 1 aromatic rings. The predicted molar refractivity (Wildman–Crippen MR) is 126 cm³/mol. The van der Waals surface area contributed by atoms with Gasteiger partial charge in [0.15, 0.2) is 5.78 Å². The number of Topliss-reactive ketones (excluding diaryl/α,β-unsaturated/α-hetero) is 1. The standard InChI is InChI=1S/C11H14O3.2C7H14O2/c1-6(2)11(14)8-4-7(3)9(12)5-10(8)13;2*1-2-3-4-5-6-7(8)9/h4-6,12-13H,1-3H3;2*2-6H2,1H3,(H,8,9). The highest BCUT2D eigenvalue weighted by atomic mass is 16.4. The van der Waals surface area contributed by atoms with Crippen LogP contribution in [0.1, 0.15) is 108 Å². The summed E-state index contributed by atoms with van der Waals surface area (Å²) >= 11 is 0. The molecule has 0 saturated heterocycles. The average molecular weight is 455 g/mol. The molecule has 1 rings (SSSR count). The Labute approximate surface area is 192 Å². The molecule has 0 unspecified atom stereocenters. The van der Waals surface area contributed by atoms with Crippen molar-refractivity contribution in [2.24, 2.45) is 5.92 Å². The quantitative estimate of drug-likeness (QED) is 0.214. The second kappa shape index (κ2) is 19.1. The van der Waals surface area contributed by atoms with Crippen molar-refractivity contribution in [1.82, 2.24) is 0 Å². The molecule has 0 aliphatic heterocycles. The van der Waals surface area contributed by atoms with E-state index in [2.05, 4.69) is 13.8 Å². The first-order valence-corrected chi connectivity index (χ1v) is 11.5. The van der Waals surface area contributed by atoms with Gasteiger partial charge in [-0.15, -0.1) is 0 Å². The van der Waals surface area contributed by atoms with E-state index < -0.39 is 11.9 Å². The number of carboxylic acid groups (broad SMARTS) is 2. The van der Waals surface area contributed by atoms with Crippen molar-refractivity contribution in [3.63, 3.8) is 0 Å². The van der Waals surface area contributed by atoms with Crippen LogP contribution in [0.3, 0.4) is 0 Å². The van der Waals surface area contributed by atoms with Gasteiger partial charge in [-0.05, 0) is 31.4 Å². The van der Waals surface area contributed by atoms with Gasteiger partial charge in [0, 0.05) is 24.8 Å². The lowest BCUT2D eigenvalue weighted by Crippen LogP contribution is -2.07. The van der Waals surface area contributed by atoms with Crippen LogP contribution in [0.15, 0.2) is 12.1 Å². The molecule has 0 aliphatic carbocycles. The number of aromatic hydroxyl groups is 2. The zero-order chi connectivity index (χ0) is 25.1. The van der Waals surface area contributed by atoms with E-state index in [0.29, 0.717) is 18.4 Å². The number of aliphatic carboxylic acids is 2. The summed E-state index contributed by atoms with van der Waals surface area (Å²) in [5.74, 6) is -1.79. The molecule has 4 N–H and O–H groups in total. The number of carbonyl (C=O) groups is 3. The van der Waals surface area contributed by atoms with E-state index in [4.69, 9.17) is 10.2 Å². The molecule has 184 valence electrons. The topological polar surface area (TPSA) is 132 Å². The highest BCUT2D eigenvalue weighted by molar-refractivity contribution is 6.00. The molecule has 0 spiro atoms. The van der Waals surface area contributed by atoms with E-state index in [9.17, 15) is 24.6 Å². The summed E-state index contributed by atoms with van der Waals surface area (Å²) in [6.45, 7) is 9.45. The molecule has 0 atom stereocenters. The van der Waals surface area contributed by atoms with E-state index in [-0.39, 0.29) is 28.8 Å². The van der Waals surface area contributed by atoms with Gasteiger partial charge in [0.05, 0.1) is 5.56 Å². The number of carbonyl (C=O) groups excluding carboxylic acids is 1. The van der Waals surface area contributed by atoms with Crippen molar-refractivity contribution < 1.29 is 34.8 Å². The fourth-order valence-electron chi connectivity index (χ4n) is 2.60.